The number of pyridine rings is 1. The minimum atomic E-state index is -0.0627. The second-order valence-electron chi connectivity index (χ2n) is 6.47. The maximum atomic E-state index is 13.0. The quantitative estimate of drug-likeness (QED) is 0.710. The van der Waals surface area contributed by atoms with E-state index in [4.69, 9.17) is 21.3 Å². The van der Waals surface area contributed by atoms with E-state index >= 15 is 0 Å². The molecule has 4 rings (SSSR count). The van der Waals surface area contributed by atoms with Gasteiger partial charge in [-0.15, -0.1) is 0 Å². The summed E-state index contributed by atoms with van der Waals surface area (Å²) in [5, 5.41) is 0.521. The van der Waals surface area contributed by atoms with E-state index in [-0.39, 0.29) is 11.8 Å². The zero-order valence-corrected chi connectivity index (χ0v) is 15.4. The molecular formula is C19H19ClN4O2. The first kappa shape index (κ1) is 16.8. The first-order chi connectivity index (χ1) is 12.6. The molecule has 0 unspecified atom stereocenters. The van der Waals surface area contributed by atoms with Gasteiger partial charge in [0, 0.05) is 37.3 Å². The standard InChI is InChI=1S/C19H19ClN4O2/c1-23-16-10-21-7-5-15(16)22-18(23)12-6-8-24(11-12)19(25)14-9-13(20)3-4-17(14)26-2/h3-5,7,9-10,12H,6,8,11H2,1-2H3/t12-/m1/s1. The summed E-state index contributed by atoms with van der Waals surface area (Å²) < 4.78 is 7.39. The monoisotopic (exact) mass is 370 g/mol. The van der Waals surface area contributed by atoms with Gasteiger partial charge in [0.25, 0.3) is 5.91 Å². The fraction of sp³-hybridized carbons (Fsp3) is 0.316. The summed E-state index contributed by atoms with van der Waals surface area (Å²) >= 11 is 6.07. The molecule has 0 spiro atoms. The third-order valence-corrected chi connectivity index (χ3v) is 5.19. The number of hydrogen-bond acceptors (Lipinski definition) is 4. The van der Waals surface area contributed by atoms with Gasteiger partial charge in [0.05, 0.1) is 29.9 Å². The molecular weight excluding hydrogens is 352 g/mol. The van der Waals surface area contributed by atoms with Crippen LogP contribution in [0, 0.1) is 0 Å². The van der Waals surface area contributed by atoms with E-state index in [1.807, 2.05) is 24.2 Å². The lowest BCUT2D eigenvalue weighted by atomic mass is 10.1. The fourth-order valence-corrected chi connectivity index (χ4v) is 3.76. The second kappa shape index (κ2) is 6.61. The first-order valence-electron chi connectivity index (χ1n) is 8.47. The van der Waals surface area contributed by atoms with Gasteiger partial charge in [-0.25, -0.2) is 4.98 Å². The van der Waals surface area contributed by atoms with Gasteiger partial charge < -0.3 is 14.2 Å². The number of hydrogen-bond donors (Lipinski definition) is 0. The van der Waals surface area contributed by atoms with Crippen LogP contribution in [0.25, 0.3) is 11.0 Å². The van der Waals surface area contributed by atoms with Gasteiger partial charge in [-0.3, -0.25) is 9.78 Å². The summed E-state index contributed by atoms with van der Waals surface area (Å²) in [6, 6.07) is 7.02. The summed E-state index contributed by atoms with van der Waals surface area (Å²) in [6.45, 7) is 1.31. The van der Waals surface area contributed by atoms with Crippen molar-refractivity contribution in [3.05, 3.63) is 53.1 Å². The fourth-order valence-electron chi connectivity index (χ4n) is 3.59. The molecule has 1 saturated heterocycles. The van der Waals surface area contributed by atoms with E-state index < -0.39 is 0 Å². The van der Waals surface area contributed by atoms with Crippen molar-refractivity contribution >= 4 is 28.5 Å². The average molecular weight is 371 g/mol. The van der Waals surface area contributed by atoms with E-state index in [0.717, 1.165) is 23.3 Å². The summed E-state index contributed by atoms with van der Waals surface area (Å²) in [6.07, 6.45) is 4.44. The molecule has 6 nitrogen and oxygen atoms in total. The summed E-state index contributed by atoms with van der Waals surface area (Å²) in [5.74, 6) is 1.66. The second-order valence-corrected chi connectivity index (χ2v) is 6.91. The highest BCUT2D eigenvalue weighted by atomic mass is 35.5. The van der Waals surface area contributed by atoms with Crippen LogP contribution >= 0.6 is 11.6 Å². The first-order valence-corrected chi connectivity index (χ1v) is 8.85. The number of aromatic nitrogens is 3. The number of likely N-dealkylation sites (tertiary alicyclic amines) is 1. The van der Waals surface area contributed by atoms with Gasteiger partial charge in [-0.05, 0) is 30.7 Å². The van der Waals surface area contributed by atoms with Crippen LogP contribution in [0.2, 0.25) is 5.02 Å². The molecule has 2 aromatic heterocycles. The number of imidazole rings is 1. The highest BCUT2D eigenvalue weighted by Gasteiger charge is 2.32. The Kier molecular flexibility index (Phi) is 4.28. The van der Waals surface area contributed by atoms with Gasteiger partial charge in [0.1, 0.15) is 11.6 Å². The number of halogens is 1. The molecule has 3 heterocycles. The maximum Gasteiger partial charge on any atom is 0.257 e. The van der Waals surface area contributed by atoms with Crippen LogP contribution in [0.5, 0.6) is 5.75 Å². The Morgan fingerprint density at radius 2 is 2.19 bits per heavy atom. The van der Waals surface area contributed by atoms with Crippen LogP contribution in [-0.4, -0.2) is 45.5 Å². The van der Waals surface area contributed by atoms with E-state index in [1.165, 1.54) is 0 Å². The third-order valence-electron chi connectivity index (χ3n) is 4.95. The molecule has 0 N–H and O–H groups in total. The number of aryl methyl sites for hydroxylation is 1. The Hall–Kier alpha value is -2.60. The van der Waals surface area contributed by atoms with Crippen LogP contribution in [0.3, 0.4) is 0 Å². The molecule has 0 aliphatic carbocycles. The minimum Gasteiger partial charge on any atom is -0.496 e. The molecule has 1 aliphatic rings. The molecule has 1 atom stereocenters. The number of fused-ring (bicyclic) bond motifs is 1. The molecule has 0 bridgehead atoms. The normalized spacial score (nSPS) is 17.0. The van der Waals surface area contributed by atoms with E-state index in [2.05, 4.69) is 9.55 Å². The van der Waals surface area contributed by atoms with Gasteiger partial charge in [-0.1, -0.05) is 11.6 Å². The number of ether oxygens (including phenoxy) is 1. The van der Waals surface area contributed by atoms with Gasteiger partial charge in [0.15, 0.2) is 0 Å². The lowest BCUT2D eigenvalue weighted by Crippen LogP contribution is -2.29. The van der Waals surface area contributed by atoms with Crippen molar-refractivity contribution < 1.29 is 9.53 Å². The number of benzene rings is 1. The van der Waals surface area contributed by atoms with Crippen molar-refractivity contribution in [1.82, 2.24) is 19.4 Å². The zero-order valence-electron chi connectivity index (χ0n) is 14.6. The van der Waals surface area contributed by atoms with Crippen LogP contribution in [0.15, 0.2) is 36.7 Å². The largest absolute Gasteiger partial charge is 0.496 e. The number of amides is 1. The molecule has 1 aromatic carbocycles. The van der Waals surface area contributed by atoms with E-state index in [9.17, 15) is 4.79 Å². The van der Waals surface area contributed by atoms with Crippen LogP contribution in [-0.2, 0) is 7.05 Å². The predicted octanol–water partition coefficient (Wildman–Crippen LogP) is 3.26. The zero-order chi connectivity index (χ0) is 18.3. The predicted molar refractivity (Wildman–Crippen MR) is 99.8 cm³/mol. The summed E-state index contributed by atoms with van der Waals surface area (Å²) in [5.41, 5.74) is 2.43. The van der Waals surface area contributed by atoms with Crippen molar-refractivity contribution in [2.75, 3.05) is 20.2 Å². The molecule has 3 aromatic rings. The average Bonchev–Trinajstić information content (AvgIpc) is 3.26. The Labute approximate surface area is 156 Å². The van der Waals surface area contributed by atoms with Crippen LogP contribution in [0.1, 0.15) is 28.5 Å². The Bertz CT molecular complexity index is 985. The number of carbonyl (C=O) groups excluding carboxylic acids is 1. The van der Waals surface area contributed by atoms with E-state index in [0.29, 0.717) is 29.4 Å². The van der Waals surface area contributed by atoms with Crippen molar-refractivity contribution in [2.45, 2.75) is 12.3 Å². The van der Waals surface area contributed by atoms with Gasteiger partial charge in [0.2, 0.25) is 0 Å². The maximum absolute atomic E-state index is 13.0. The highest BCUT2D eigenvalue weighted by Crippen LogP contribution is 2.31. The Balaban J connectivity index is 1.59. The van der Waals surface area contributed by atoms with Crippen molar-refractivity contribution in [3.63, 3.8) is 0 Å². The molecule has 7 heteroatoms. The molecule has 26 heavy (non-hydrogen) atoms. The lowest BCUT2D eigenvalue weighted by Gasteiger charge is -2.18. The molecule has 0 radical (unpaired) electrons. The molecule has 1 fully saturated rings. The summed E-state index contributed by atoms with van der Waals surface area (Å²) in [7, 11) is 3.55. The van der Waals surface area contributed by atoms with Crippen molar-refractivity contribution in [2.24, 2.45) is 7.05 Å². The number of methoxy groups -OCH3 is 1. The smallest absolute Gasteiger partial charge is 0.257 e. The molecule has 134 valence electrons. The Morgan fingerprint density at radius 1 is 1.35 bits per heavy atom. The lowest BCUT2D eigenvalue weighted by molar-refractivity contribution is 0.0787. The van der Waals surface area contributed by atoms with Gasteiger partial charge >= 0.3 is 0 Å². The van der Waals surface area contributed by atoms with Crippen LogP contribution in [0.4, 0.5) is 0 Å². The number of carbonyl (C=O) groups is 1. The SMILES string of the molecule is COc1ccc(Cl)cc1C(=O)N1CC[C@@H](c2nc3ccncc3n2C)C1. The number of rotatable bonds is 3. The van der Waals surface area contributed by atoms with E-state index in [1.54, 1.807) is 31.5 Å². The molecule has 0 saturated carbocycles. The highest BCUT2D eigenvalue weighted by molar-refractivity contribution is 6.31. The number of nitrogens with zero attached hydrogens (tertiary/aromatic N) is 4. The van der Waals surface area contributed by atoms with Crippen molar-refractivity contribution in [1.29, 1.82) is 0 Å². The topological polar surface area (TPSA) is 60.2 Å². The molecule has 1 amide bonds. The van der Waals surface area contributed by atoms with Crippen LogP contribution < -0.4 is 4.74 Å². The molecule has 1 aliphatic heterocycles. The summed E-state index contributed by atoms with van der Waals surface area (Å²) in [4.78, 5) is 23.7. The minimum absolute atomic E-state index is 0.0627. The van der Waals surface area contributed by atoms with Gasteiger partial charge in [-0.2, -0.15) is 0 Å². The Morgan fingerprint density at radius 3 is 2.96 bits per heavy atom. The third kappa shape index (κ3) is 2.80. The van der Waals surface area contributed by atoms with Crippen molar-refractivity contribution in [3.8, 4) is 5.75 Å².